The molecule has 0 spiro atoms. The molecule has 4 aliphatic rings. The average Bonchev–Trinajstić information content (AvgIpc) is 3.64. The third kappa shape index (κ3) is 4.82. The standard InChI is InChI=1S/C28H45N3O/c1-21-20-30(24-9-10-24)13-14-31(21)27-19-25(29-15-17-32-18-16-29)11-12-26(27)22-5-7-23(8-6-22)28(2,3)4/h11-12,19,21-24H,5-10,13-18,20H2,1-4H3. The fraction of sp³-hybridized carbons (Fsp3) is 0.786. The minimum absolute atomic E-state index is 0.446. The van der Waals surface area contributed by atoms with Crippen LogP contribution in [-0.4, -0.2) is 62.9 Å². The van der Waals surface area contributed by atoms with E-state index in [0.717, 1.165) is 44.2 Å². The van der Waals surface area contributed by atoms with E-state index in [2.05, 4.69) is 60.6 Å². The first-order valence-corrected chi connectivity index (χ1v) is 13.4. The van der Waals surface area contributed by atoms with Crippen LogP contribution in [0.5, 0.6) is 0 Å². The van der Waals surface area contributed by atoms with Crippen molar-refractivity contribution in [1.82, 2.24) is 4.90 Å². The molecule has 0 amide bonds. The van der Waals surface area contributed by atoms with Crippen LogP contribution in [-0.2, 0) is 4.74 Å². The lowest BCUT2D eigenvalue weighted by Gasteiger charge is -2.44. The van der Waals surface area contributed by atoms with Gasteiger partial charge in [-0.3, -0.25) is 4.90 Å². The molecular formula is C28H45N3O. The number of piperazine rings is 1. The highest BCUT2D eigenvalue weighted by Crippen LogP contribution is 2.46. The van der Waals surface area contributed by atoms with Crippen LogP contribution in [0.4, 0.5) is 11.4 Å². The zero-order valence-electron chi connectivity index (χ0n) is 21.0. The van der Waals surface area contributed by atoms with Crippen molar-refractivity contribution in [2.45, 2.75) is 84.2 Å². The molecule has 178 valence electrons. The molecule has 4 fully saturated rings. The van der Waals surface area contributed by atoms with E-state index in [1.165, 1.54) is 69.5 Å². The van der Waals surface area contributed by atoms with E-state index in [0.29, 0.717) is 11.5 Å². The number of benzene rings is 1. The van der Waals surface area contributed by atoms with Gasteiger partial charge >= 0.3 is 0 Å². The van der Waals surface area contributed by atoms with E-state index < -0.39 is 0 Å². The zero-order chi connectivity index (χ0) is 22.3. The Labute approximate surface area is 196 Å². The maximum Gasteiger partial charge on any atom is 0.0642 e. The molecule has 2 heterocycles. The third-order valence-corrected chi connectivity index (χ3v) is 8.81. The molecule has 2 aliphatic carbocycles. The van der Waals surface area contributed by atoms with Gasteiger partial charge in [0.1, 0.15) is 0 Å². The molecule has 0 radical (unpaired) electrons. The fourth-order valence-electron chi connectivity index (χ4n) is 6.53. The maximum atomic E-state index is 5.62. The smallest absolute Gasteiger partial charge is 0.0642 e. The van der Waals surface area contributed by atoms with Crippen molar-refractivity contribution in [3.63, 3.8) is 0 Å². The summed E-state index contributed by atoms with van der Waals surface area (Å²) in [6.45, 7) is 17.1. The van der Waals surface area contributed by atoms with Gasteiger partial charge in [-0.2, -0.15) is 0 Å². The maximum absolute atomic E-state index is 5.62. The summed E-state index contributed by atoms with van der Waals surface area (Å²) in [5, 5.41) is 0. The molecule has 1 aromatic rings. The molecule has 0 bridgehead atoms. The van der Waals surface area contributed by atoms with Gasteiger partial charge in [-0.05, 0) is 80.4 Å². The number of hydrogen-bond acceptors (Lipinski definition) is 4. The highest BCUT2D eigenvalue weighted by atomic mass is 16.5. The molecule has 4 heteroatoms. The number of morpholine rings is 1. The first-order chi connectivity index (χ1) is 15.4. The Morgan fingerprint density at radius 2 is 1.59 bits per heavy atom. The first kappa shape index (κ1) is 22.5. The van der Waals surface area contributed by atoms with Gasteiger partial charge in [0.25, 0.3) is 0 Å². The predicted octanol–water partition coefficient (Wildman–Crippen LogP) is 5.52. The molecule has 5 rings (SSSR count). The van der Waals surface area contributed by atoms with Crippen LogP contribution in [0.25, 0.3) is 0 Å². The summed E-state index contributed by atoms with van der Waals surface area (Å²) in [6.07, 6.45) is 8.29. The molecule has 1 unspecified atom stereocenters. The Kier molecular flexibility index (Phi) is 6.46. The molecule has 1 atom stereocenters. The lowest BCUT2D eigenvalue weighted by molar-refractivity contribution is 0.122. The minimum atomic E-state index is 0.446. The Morgan fingerprint density at radius 1 is 0.875 bits per heavy atom. The molecule has 4 nitrogen and oxygen atoms in total. The number of rotatable bonds is 4. The molecule has 2 aliphatic heterocycles. The molecule has 2 saturated heterocycles. The molecular weight excluding hydrogens is 394 g/mol. The molecule has 0 N–H and O–H groups in total. The normalized spacial score (nSPS) is 30.6. The Balaban J connectivity index is 1.39. The summed E-state index contributed by atoms with van der Waals surface area (Å²) in [6, 6.07) is 8.92. The van der Waals surface area contributed by atoms with Crippen LogP contribution >= 0.6 is 0 Å². The zero-order valence-corrected chi connectivity index (χ0v) is 21.0. The summed E-state index contributed by atoms with van der Waals surface area (Å²) < 4.78 is 5.62. The van der Waals surface area contributed by atoms with Gasteiger partial charge in [0.2, 0.25) is 0 Å². The molecule has 32 heavy (non-hydrogen) atoms. The van der Waals surface area contributed by atoms with E-state index >= 15 is 0 Å². The Morgan fingerprint density at radius 3 is 2.22 bits per heavy atom. The van der Waals surface area contributed by atoms with Crippen LogP contribution < -0.4 is 9.80 Å². The van der Waals surface area contributed by atoms with Crippen molar-refractivity contribution in [1.29, 1.82) is 0 Å². The third-order valence-electron chi connectivity index (χ3n) is 8.81. The summed E-state index contributed by atoms with van der Waals surface area (Å²) in [5.74, 6) is 1.59. The number of nitrogens with zero attached hydrogens (tertiary/aromatic N) is 3. The van der Waals surface area contributed by atoms with Crippen molar-refractivity contribution in [2.24, 2.45) is 11.3 Å². The van der Waals surface area contributed by atoms with Crippen molar-refractivity contribution in [3.8, 4) is 0 Å². The summed E-state index contributed by atoms with van der Waals surface area (Å²) >= 11 is 0. The van der Waals surface area contributed by atoms with E-state index in [9.17, 15) is 0 Å². The number of ether oxygens (including phenoxy) is 1. The second-order valence-corrected chi connectivity index (χ2v) is 12.0. The van der Waals surface area contributed by atoms with E-state index in [1.807, 2.05) is 0 Å². The Bertz CT molecular complexity index is 769. The van der Waals surface area contributed by atoms with E-state index in [-0.39, 0.29) is 0 Å². The van der Waals surface area contributed by atoms with Gasteiger partial charge in [-0.15, -0.1) is 0 Å². The highest BCUT2D eigenvalue weighted by Gasteiger charge is 2.36. The van der Waals surface area contributed by atoms with Gasteiger partial charge in [0.05, 0.1) is 13.2 Å². The van der Waals surface area contributed by atoms with Gasteiger partial charge in [0.15, 0.2) is 0 Å². The van der Waals surface area contributed by atoms with Crippen LogP contribution in [0.1, 0.15) is 77.7 Å². The lowest BCUT2D eigenvalue weighted by atomic mass is 9.68. The van der Waals surface area contributed by atoms with Crippen molar-refractivity contribution < 1.29 is 4.74 Å². The van der Waals surface area contributed by atoms with Crippen LogP contribution in [0, 0.1) is 11.3 Å². The van der Waals surface area contributed by atoms with Crippen LogP contribution in [0.2, 0.25) is 0 Å². The number of anilines is 2. The molecule has 2 saturated carbocycles. The van der Waals surface area contributed by atoms with Crippen LogP contribution in [0.3, 0.4) is 0 Å². The molecule has 1 aromatic carbocycles. The largest absolute Gasteiger partial charge is 0.378 e. The van der Waals surface area contributed by atoms with Gasteiger partial charge < -0.3 is 14.5 Å². The average molecular weight is 440 g/mol. The van der Waals surface area contributed by atoms with Crippen molar-refractivity contribution >= 4 is 11.4 Å². The quantitative estimate of drug-likeness (QED) is 0.615. The Hall–Kier alpha value is -1.26. The van der Waals surface area contributed by atoms with Gasteiger partial charge in [-0.1, -0.05) is 26.8 Å². The topological polar surface area (TPSA) is 19.0 Å². The molecule has 0 aromatic heterocycles. The minimum Gasteiger partial charge on any atom is -0.378 e. The first-order valence-electron chi connectivity index (χ1n) is 13.4. The second kappa shape index (κ2) is 9.18. The monoisotopic (exact) mass is 439 g/mol. The summed E-state index contributed by atoms with van der Waals surface area (Å²) in [4.78, 5) is 8.04. The van der Waals surface area contributed by atoms with E-state index in [4.69, 9.17) is 4.74 Å². The fourth-order valence-corrected chi connectivity index (χ4v) is 6.53. The summed E-state index contributed by atoms with van der Waals surface area (Å²) in [5.41, 5.74) is 5.01. The van der Waals surface area contributed by atoms with Gasteiger partial charge in [-0.25, -0.2) is 0 Å². The van der Waals surface area contributed by atoms with Crippen molar-refractivity contribution in [2.75, 3.05) is 55.7 Å². The van der Waals surface area contributed by atoms with Crippen LogP contribution in [0.15, 0.2) is 18.2 Å². The predicted molar refractivity (Wildman–Crippen MR) is 135 cm³/mol. The second-order valence-electron chi connectivity index (χ2n) is 12.0. The van der Waals surface area contributed by atoms with E-state index in [1.54, 1.807) is 5.56 Å². The summed E-state index contributed by atoms with van der Waals surface area (Å²) in [7, 11) is 0. The van der Waals surface area contributed by atoms with Gasteiger partial charge in [0, 0.05) is 56.2 Å². The SMILES string of the molecule is CC1CN(C2CC2)CCN1c1cc(N2CCOCC2)ccc1C1CCC(C(C)(C)C)CC1. The highest BCUT2D eigenvalue weighted by molar-refractivity contribution is 5.65. The number of hydrogen-bond donors (Lipinski definition) is 0. The van der Waals surface area contributed by atoms with Crippen molar-refractivity contribution in [3.05, 3.63) is 23.8 Å². The lowest BCUT2D eigenvalue weighted by Crippen LogP contribution is -2.53.